The smallest absolute Gasteiger partial charge is 0.0726 e. The average molecular weight is 264 g/mol. The van der Waals surface area contributed by atoms with E-state index in [0.29, 0.717) is 0 Å². The minimum Gasteiger partial charge on any atom is -0.314 e. The Morgan fingerprint density at radius 1 is 1.11 bits per heavy atom. The Balaban J connectivity index is 1.47. The maximum Gasteiger partial charge on any atom is 0.0726 e. The maximum absolute atomic E-state index is 3.39. The van der Waals surface area contributed by atoms with Gasteiger partial charge in [-0.2, -0.15) is 0 Å². The first-order valence-electron chi connectivity index (χ1n) is 6.66. The van der Waals surface area contributed by atoms with Gasteiger partial charge in [-0.1, -0.05) is 12.1 Å². The van der Waals surface area contributed by atoms with Gasteiger partial charge in [-0.3, -0.25) is 4.31 Å². The monoisotopic (exact) mass is 264 g/mol. The number of anilines is 2. The van der Waals surface area contributed by atoms with E-state index in [4.69, 9.17) is 0 Å². The van der Waals surface area contributed by atoms with Crippen molar-refractivity contribution >= 4 is 23.5 Å². The van der Waals surface area contributed by atoms with Crippen LogP contribution < -0.4 is 14.3 Å². The minimum absolute atomic E-state index is 1.11. The van der Waals surface area contributed by atoms with Crippen LogP contribution in [0.15, 0.2) is 24.3 Å². The summed E-state index contributed by atoms with van der Waals surface area (Å²) < 4.78 is 5.72. The molecule has 0 unspecified atom stereocenters. The van der Waals surface area contributed by atoms with Gasteiger partial charge < -0.3 is 14.9 Å². The molecule has 98 valence electrons. The lowest BCUT2D eigenvalue weighted by Crippen LogP contribution is -2.44. The highest BCUT2D eigenvalue weighted by atomic mass is 32.2. The van der Waals surface area contributed by atoms with Crippen molar-refractivity contribution in [2.45, 2.75) is 6.42 Å². The Morgan fingerprint density at radius 3 is 2.83 bits per heavy atom. The Kier molecular flexibility index (Phi) is 3.93. The van der Waals surface area contributed by atoms with Crippen LogP contribution >= 0.6 is 12.1 Å². The molecule has 0 aliphatic carbocycles. The van der Waals surface area contributed by atoms with Gasteiger partial charge in [-0.05, 0) is 25.1 Å². The van der Waals surface area contributed by atoms with Gasteiger partial charge in [-0.25, -0.2) is 0 Å². The molecule has 0 radical (unpaired) electrons. The van der Waals surface area contributed by atoms with Gasteiger partial charge >= 0.3 is 0 Å². The molecule has 0 aromatic heterocycles. The van der Waals surface area contributed by atoms with Crippen LogP contribution in [0.25, 0.3) is 0 Å². The molecule has 2 N–H and O–H groups in total. The summed E-state index contributed by atoms with van der Waals surface area (Å²) in [7, 11) is 0. The number of rotatable bonds is 4. The first-order valence-corrected chi connectivity index (χ1v) is 7.43. The third-order valence-electron chi connectivity index (χ3n) is 3.48. The molecule has 4 nitrogen and oxygen atoms in total. The summed E-state index contributed by atoms with van der Waals surface area (Å²) >= 11 is 1.71. The molecule has 18 heavy (non-hydrogen) atoms. The second-order valence-corrected chi connectivity index (χ2v) is 5.59. The van der Waals surface area contributed by atoms with Crippen LogP contribution in [0.2, 0.25) is 0 Å². The highest BCUT2D eigenvalue weighted by molar-refractivity contribution is 8.02. The van der Waals surface area contributed by atoms with E-state index in [9.17, 15) is 0 Å². The Labute approximate surface area is 113 Å². The number of hydrogen-bond acceptors (Lipinski definition) is 5. The maximum atomic E-state index is 3.39. The molecule has 2 aliphatic rings. The normalized spacial score (nSPS) is 19.7. The molecule has 5 heteroatoms. The fourth-order valence-corrected chi connectivity index (χ4v) is 3.33. The van der Waals surface area contributed by atoms with Crippen LogP contribution in [0.1, 0.15) is 6.42 Å². The molecule has 0 atom stereocenters. The largest absolute Gasteiger partial charge is 0.314 e. The number of para-hydroxylation sites is 2. The topological polar surface area (TPSA) is 30.5 Å². The lowest BCUT2D eigenvalue weighted by atomic mass is 10.2. The second-order valence-electron chi connectivity index (χ2n) is 4.76. The zero-order valence-corrected chi connectivity index (χ0v) is 11.4. The van der Waals surface area contributed by atoms with Crippen molar-refractivity contribution in [1.82, 2.24) is 10.2 Å². The Hall–Kier alpha value is -0.910. The standard InChI is InChI=1S/C13H20N4S/c1-2-5-13-12(4-1)15-18-17(13)9-3-8-16-10-6-14-7-11-16/h1-2,4-5,14-15H,3,6-11H2. The fraction of sp³-hybridized carbons (Fsp3) is 0.538. The van der Waals surface area contributed by atoms with Gasteiger partial charge in [0.25, 0.3) is 0 Å². The summed E-state index contributed by atoms with van der Waals surface area (Å²) in [6.07, 6.45) is 1.23. The third-order valence-corrected chi connectivity index (χ3v) is 4.39. The average Bonchev–Trinajstić information content (AvgIpc) is 2.84. The zero-order valence-electron chi connectivity index (χ0n) is 10.6. The number of nitrogens with zero attached hydrogens (tertiary/aromatic N) is 2. The Bertz CT molecular complexity index is 392. The molecule has 3 rings (SSSR count). The summed E-state index contributed by atoms with van der Waals surface area (Å²) in [5, 5.41) is 3.39. The first-order chi connectivity index (χ1) is 8.93. The van der Waals surface area contributed by atoms with Crippen LogP contribution in [0.5, 0.6) is 0 Å². The number of nitrogens with one attached hydrogen (secondary N) is 2. The summed E-state index contributed by atoms with van der Waals surface area (Å²) in [6.45, 7) is 7.00. The molecule has 1 aromatic rings. The van der Waals surface area contributed by atoms with Gasteiger partial charge in [-0.15, -0.1) is 0 Å². The summed E-state index contributed by atoms with van der Waals surface area (Å²) in [5.41, 5.74) is 2.56. The predicted octanol–water partition coefficient (Wildman–Crippen LogP) is 1.78. The van der Waals surface area contributed by atoms with Crippen molar-refractivity contribution in [3.05, 3.63) is 24.3 Å². The molecular weight excluding hydrogens is 244 g/mol. The van der Waals surface area contributed by atoms with Gasteiger partial charge in [0, 0.05) is 32.7 Å². The molecule has 0 saturated carbocycles. The van der Waals surface area contributed by atoms with Gasteiger partial charge in [0.2, 0.25) is 0 Å². The molecule has 2 heterocycles. The SMILES string of the molecule is c1ccc2c(c1)NSN2CCCN1CCNCC1. The fourth-order valence-electron chi connectivity index (χ4n) is 2.47. The van der Waals surface area contributed by atoms with E-state index in [-0.39, 0.29) is 0 Å². The second kappa shape index (κ2) is 5.82. The first kappa shape index (κ1) is 12.1. The predicted molar refractivity (Wildman–Crippen MR) is 78.9 cm³/mol. The van der Waals surface area contributed by atoms with Crippen molar-refractivity contribution in [1.29, 1.82) is 0 Å². The highest BCUT2D eigenvalue weighted by Crippen LogP contribution is 2.38. The molecular formula is C13H20N4S. The van der Waals surface area contributed by atoms with E-state index in [2.05, 4.69) is 43.5 Å². The molecule has 2 aliphatic heterocycles. The van der Waals surface area contributed by atoms with Crippen molar-refractivity contribution < 1.29 is 0 Å². The molecule has 1 fully saturated rings. The summed E-state index contributed by atoms with van der Waals surface area (Å²) in [4.78, 5) is 2.55. The number of hydrogen-bond donors (Lipinski definition) is 2. The third kappa shape index (κ3) is 2.74. The highest BCUT2D eigenvalue weighted by Gasteiger charge is 2.19. The van der Waals surface area contributed by atoms with E-state index in [0.717, 1.165) is 19.6 Å². The van der Waals surface area contributed by atoms with Gasteiger partial charge in [0.05, 0.1) is 23.5 Å². The van der Waals surface area contributed by atoms with Crippen LogP contribution in [-0.4, -0.2) is 44.2 Å². The molecule has 0 bridgehead atoms. The van der Waals surface area contributed by atoms with Crippen LogP contribution in [0.4, 0.5) is 11.4 Å². The number of piperazine rings is 1. The van der Waals surface area contributed by atoms with E-state index in [1.54, 1.807) is 12.1 Å². The summed E-state index contributed by atoms with van der Waals surface area (Å²) in [6, 6.07) is 8.51. The van der Waals surface area contributed by atoms with E-state index < -0.39 is 0 Å². The van der Waals surface area contributed by atoms with Crippen LogP contribution in [0.3, 0.4) is 0 Å². The van der Waals surface area contributed by atoms with E-state index in [1.165, 1.54) is 37.4 Å². The Morgan fingerprint density at radius 2 is 1.94 bits per heavy atom. The van der Waals surface area contributed by atoms with Crippen molar-refractivity contribution in [2.24, 2.45) is 0 Å². The quantitative estimate of drug-likeness (QED) is 0.810. The lowest BCUT2D eigenvalue weighted by molar-refractivity contribution is 0.240. The molecule has 0 spiro atoms. The van der Waals surface area contributed by atoms with E-state index >= 15 is 0 Å². The molecule has 1 aromatic carbocycles. The van der Waals surface area contributed by atoms with Crippen molar-refractivity contribution in [3.8, 4) is 0 Å². The molecule has 1 saturated heterocycles. The van der Waals surface area contributed by atoms with Gasteiger partial charge in [0.15, 0.2) is 0 Å². The summed E-state index contributed by atoms with van der Waals surface area (Å²) in [5.74, 6) is 0. The molecule has 0 amide bonds. The van der Waals surface area contributed by atoms with Crippen LogP contribution in [-0.2, 0) is 0 Å². The minimum atomic E-state index is 1.11. The van der Waals surface area contributed by atoms with E-state index in [1.807, 2.05) is 0 Å². The number of benzene rings is 1. The van der Waals surface area contributed by atoms with Crippen LogP contribution in [0, 0.1) is 0 Å². The van der Waals surface area contributed by atoms with Crippen molar-refractivity contribution in [3.63, 3.8) is 0 Å². The lowest BCUT2D eigenvalue weighted by Gasteiger charge is -2.27. The van der Waals surface area contributed by atoms with Crippen molar-refractivity contribution in [2.75, 3.05) is 48.3 Å². The van der Waals surface area contributed by atoms with Gasteiger partial charge in [0.1, 0.15) is 0 Å². The zero-order chi connectivity index (χ0) is 12.2. The number of fused-ring (bicyclic) bond motifs is 1.